The first-order chi connectivity index (χ1) is 11.6. The van der Waals surface area contributed by atoms with Gasteiger partial charge in [-0.15, -0.1) is 11.3 Å². The molecule has 0 aromatic carbocycles. The average molecular weight is 387 g/mol. The molecule has 0 radical (unpaired) electrons. The molecular weight excluding hydrogens is 360 g/mol. The van der Waals surface area contributed by atoms with Crippen molar-refractivity contribution < 1.29 is 14.3 Å². The van der Waals surface area contributed by atoms with E-state index in [2.05, 4.69) is 5.32 Å². The molecule has 1 aromatic rings. The third kappa shape index (κ3) is 6.51. The lowest BCUT2D eigenvalue weighted by Gasteiger charge is -2.38. The maximum Gasteiger partial charge on any atom is 0.407 e. The number of carbonyl (C=O) groups is 2. The van der Waals surface area contributed by atoms with Gasteiger partial charge in [-0.2, -0.15) is 0 Å². The van der Waals surface area contributed by atoms with E-state index in [0.717, 1.165) is 28.5 Å². The Balaban J connectivity index is 1.78. The van der Waals surface area contributed by atoms with Crippen LogP contribution >= 0.6 is 22.9 Å². The molecule has 0 saturated carbocycles. The average Bonchev–Trinajstić information content (AvgIpc) is 2.88. The maximum atomic E-state index is 12.5. The standard InChI is InChI=1S/C18H27ClN2O3S/c1-12-11-13(20-17(23)24-18(2,3)4)9-10-21(12)16(22)8-6-14-5-7-15(19)25-14/h5,7,12-13H,6,8-11H2,1-4H3,(H,20,23)/t12-,13+/m1/s1. The predicted octanol–water partition coefficient (Wildman–Crippen LogP) is 4.24. The van der Waals surface area contributed by atoms with E-state index in [1.54, 1.807) is 0 Å². The van der Waals surface area contributed by atoms with Crippen LogP contribution in [-0.4, -0.2) is 41.1 Å². The number of thiophene rings is 1. The molecule has 1 fully saturated rings. The number of hydrogen-bond acceptors (Lipinski definition) is 4. The van der Waals surface area contributed by atoms with Crippen LogP contribution in [0.4, 0.5) is 4.79 Å². The van der Waals surface area contributed by atoms with Crippen molar-refractivity contribution in [3.63, 3.8) is 0 Å². The van der Waals surface area contributed by atoms with E-state index in [9.17, 15) is 9.59 Å². The van der Waals surface area contributed by atoms with Gasteiger partial charge in [0.05, 0.1) is 4.34 Å². The molecule has 1 saturated heterocycles. The number of nitrogens with one attached hydrogen (secondary N) is 1. The topological polar surface area (TPSA) is 58.6 Å². The van der Waals surface area contributed by atoms with Gasteiger partial charge in [0.15, 0.2) is 0 Å². The highest BCUT2D eigenvalue weighted by Gasteiger charge is 2.30. The molecule has 0 bridgehead atoms. The quantitative estimate of drug-likeness (QED) is 0.841. The van der Waals surface area contributed by atoms with Crippen molar-refractivity contribution in [3.05, 3.63) is 21.3 Å². The number of alkyl carbamates (subject to hydrolysis) is 1. The Morgan fingerprint density at radius 2 is 2.12 bits per heavy atom. The van der Waals surface area contributed by atoms with E-state index in [1.807, 2.05) is 44.7 Å². The Morgan fingerprint density at radius 1 is 1.40 bits per heavy atom. The summed E-state index contributed by atoms with van der Waals surface area (Å²) in [5.74, 6) is 0.160. The van der Waals surface area contributed by atoms with Crippen LogP contribution in [0.5, 0.6) is 0 Å². The maximum absolute atomic E-state index is 12.5. The molecule has 7 heteroatoms. The van der Waals surface area contributed by atoms with Crippen LogP contribution in [0.25, 0.3) is 0 Å². The van der Waals surface area contributed by atoms with Crippen molar-refractivity contribution >= 4 is 34.9 Å². The molecule has 140 valence electrons. The number of hydrogen-bond donors (Lipinski definition) is 1. The fraction of sp³-hybridized carbons (Fsp3) is 0.667. The van der Waals surface area contributed by atoms with Crippen molar-refractivity contribution in [2.45, 2.75) is 71.1 Å². The largest absolute Gasteiger partial charge is 0.444 e. The normalized spacial score (nSPS) is 21.1. The minimum Gasteiger partial charge on any atom is -0.444 e. The number of rotatable bonds is 4. The summed E-state index contributed by atoms with van der Waals surface area (Å²) in [7, 11) is 0. The van der Waals surface area contributed by atoms with Crippen LogP contribution in [0.1, 0.15) is 51.8 Å². The van der Waals surface area contributed by atoms with Gasteiger partial charge in [-0.1, -0.05) is 11.6 Å². The van der Waals surface area contributed by atoms with E-state index in [-0.39, 0.29) is 24.1 Å². The van der Waals surface area contributed by atoms with Gasteiger partial charge in [0, 0.05) is 29.9 Å². The van der Waals surface area contributed by atoms with Gasteiger partial charge in [-0.05, 0) is 59.1 Å². The lowest BCUT2D eigenvalue weighted by molar-refractivity contribution is -0.134. The second-order valence-electron chi connectivity index (χ2n) is 7.51. The first-order valence-electron chi connectivity index (χ1n) is 8.67. The van der Waals surface area contributed by atoms with Gasteiger partial charge in [-0.3, -0.25) is 4.79 Å². The second kappa shape index (κ2) is 8.41. The fourth-order valence-corrected chi connectivity index (χ4v) is 4.09. The van der Waals surface area contributed by atoms with Crippen LogP contribution in [0.15, 0.2) is 12.1 Å². The van der Waals surface area contributed by atoms with Gasteiger partial charge in [0.25, 0.3) is 0 Å². The Kier molecular flexibility index (Phi) is 6.74. The lowest BCUT2D eigenvalue weighted by Crippen LogP contribution is -2.51. The van der Waals surface area contributed by atoms with Crippen LogP contribution in [-0.2, 0) is 16.0 Å². The van der Waals surface area contributed by atoms with E-state index < -0.39 is 5.60 Å². The van der Waals surface area contributed by atoms with E-state index >= 15 is 0 Å². The van der Waals surface area contributed by atoms with Crippen LogP contribution in [0.3, 0.4) is 0 Å². The Morgan fingerprint density at radius 3 is 2.68 bits per heavy atom. The molecule has 2 amide bonds. The highest BCUT2D eigenvalue weighted by molar-refractivity contribution is 7.16. The van der Waals surface area contributed by atoms with Gasteiger partial charge in [0.2, 0.25) is 5.91 Å². The van der Waals surface area contributed by atoms with E-state index in [1.165, 1.54) is 11.3 Å². The first-order valence-corrected chi connectivity index (χ1v) is 9.86. The number of likely N-dealkylation sites (tertiary alicyclic amines) is 1. The van der Waals surface area contributed by atoms with Crippen molar-refractivity contribution in [3.8, 4) is 0 Å². The van der Waals surface area contributed by atoms with Crippen LogP contribution in [0, 0.1) is 0 Å². The van der Waals surface area contributed by atoms with E-state index in [4.69, 9.17) is 16.3 Å². The zero-order chi connectivity index (χ0) is 18.6. The van der Waals surface area contributed by atoms with Gasteiger partial charge >= 0.3 is 6.09 Å². The van der Waals surface area contributed by atoms with Crippen LogP contribution in [0.2, 0.25) is 4.34 Å². The summed E-state index contributed by atoms with van der Waals surface area (Å²) in [6.07, 6.45) is 2.32. The molecule has 0 spiro atoms. The van der Waals surface area contributed by atoms with Gasteiger partial charge in [-0.25, -0.2) is 4.79 Å². The molecule has 1 aromatic heterocycles. The van der Waals surface area contributed by atoms with Crippen molar-refractivity contribution in [2.75, 3.05) is 6.54 Å². The number of carbonyl (C=O) groups excluding carboxylic acids is 2. The minimum absolute atomic E-state index is 0.0463. The molecule has 0 aliphatic carbocycles. The molecular formula is C18H27ClN2O3S. The summed E-state index contributed by atoms with van der Waals surface area (Å²) >= 11 is 7.45. The third-order valence-electron chi connectivity index (χ3n) is 4.13. The smallest absolute Gasteiger partial charge is 0.407 e. The van der Waals surface area contributed by atoms with Crippen molar-refractivity contribution in [1.82, 2.24) is 10.2 Å². The molecule has 2 rings (SSSR count). The zero-order valence-corrected chi connectivity index (χ0v) is 16.9. The van der Waals surface area contributed by atoms with E-state index in [0.29, 0.717) is 13.0 Å². The predicted molar refractivity (Wildman–Crippen MR) is 101 cm³/mol. The number of nitrogens with zero attached hydrogens (tertiary/aromatic N) is 1. The Labute approximate surface area is 158 Å². The molecule has 1 aliphatic heterocycles. The van der Waals surface area contributed by atoms with Crippen LogP contribution < -0.4 is 5.32 Å². The summed E-state index contributed by atoms with van der Waals surface area (Å²) in [6, 6.07) is 3.99. The highest BCUT2D eigenvalue weighted by Crippen LogP contribution is 2.24. The second-order valence-corrected chi connectivity index (χ2v) is 9.31. The van der Waals surface area contributed by atoms with Gasteiger partial charge < -0.3 is 15.0 Å². The summed E-state index contributed by atoms with van der Waals surface area (Å²) < 4.78 is 6.05. The van der Waals surface area contributed by atoms with Crippen molar-refractivity contribution in [2.24, 2.45) is 0 Å². The Hall–Kier alpha value is -1.27. The number of ether oxygens (including phenoxy) is 1. The summed E-state index contributed by atoms with van der Waals surface area (Å²) in [4.78, 5) is 27.4. The third-order valence-corrected chi connectivity index (χ3v) is 5.42. The number of piperidine rings is 1. The number of amides is 2. The number of aryl methyl sites for hydroxylation is 1. The monoisotopic (exact) mass is 386 g/mol. The fourth-order valence-electron chi connectivity index (χ4n) is 3.01. The van der Waals surface area contributed by atoms with Crippen molar-refractivity contribution in [1.29, 1.82) is 0 Å². The minimum atomic E-state index is -0.503. The SMILES string of the molecule is C[C@@H]1C[C@@H](NC(=O)OC(C)(C)C)CCN1C(=O)CCc1ccc(Cl)s1. The summed E-state index contributed by atoms with van der Waals surface area (Å²) in [5.41, 5.74) is -0.503. The highest BCUT2D eigenvalue weighted by atomic mass is 35.5. The molecule has 2 atom stereocenters. The summed E-state index contributed by atoms with van der Waals surface area (Å²) in [6.45, 7) is 8.22. The molecule has 2 heterocycles. The first kappa shape index (κ1) is 20.0. The van der Waals surface area contributed by atoms with Gasteiger partial charge in [0.1, 0.15) is 5.60 Å². The number of halogens is 1. The Bertz CT molecular complexity index is 612. The molecule has 1 N–H and O–H groups in total. The molecule has 5 nitrogen and oxygen atoms in total. The molecule has 0 unspecified atom stereocenters. The zero-order valence-electron chi connectivity index (χ0n) is 15.3. The molecule has 25 heavy (non-hydrogen) atoms. The molecule has 1 aliphatic rings. The lowest BCUT2D eigenvalue weighted by atomic mass is 9.98. The summed E-state index contributed by atoms with van der Waals surface area (Å²) in [5, 5.41) is 2.91.